The number of hydrogen-bond acceptors (Lipinski definition) is 6. The number of hydrogen-bond donors (Lipinski definition) is 0. The van der Waals surface area contributed by atoms with Crippen LogP contribution in [0.3, 0.4) is 0 Å². The van der Waals surface area contributed by atoms with Crippen LogP contribution in [0.1, 0.15) is 17.3 Å². The molecular weight excluding hydrogens is 535 g/mol. The Labute approximate surface area is 216 Å². The largest absolute Gasteiger partial charge is 0.450 e. The van der Waals surface area contributed by atoms with Gasteiger partial charge in [0.05, 0.1) is 31.8 Å². The van der Waals surface area contributed by atoms with E-state index in [2.05, 4.69) is 4.99 Å². The van der Waals surface area contributed by atoms with Crippen molar-refractivity contribution >= 4 is 66.8 Å². The van der Waals surface area contributed by atoms with Crippen molar-refractivity contribution in [1.82, 2.24) is 13.8 Å². The SMILES string of the molecule is CCOC(=O)N1CCN(S(=O)(=O)c2ccc(C(=O)N=c3sc4ccc(Cl)c(Cl)c4n3C)cc2)CC1. The van der Waals surface area contributed by atoms with Gasteiger partial charge in [0.15, 0.2) is 4.80 Å². The summed E-state index contributed by atoms with van der Waals surface area (Å²) >= 11 is 13.7. The van der Waals surface area contributed by atoms with E-state index in [1.54, 1.807) is 24.6 Å². The monoisotopic (exact) mass is 556 g/mol. The average molecular weight is 557 g/mol. The molecule has 3 aromatic rings. The Morgan fingerprint density at radius 1 is 1.06 bits per heavy atom. The maximum Gasteiger partial charge on any atom is 0.409 e. The lowest BCUT2D eigenvalue weighted by Crippen LogP contribution is -2.50. The maximum absolute atomic E-state index is 13.0. The second kappa shape index (κ2) is 10.3. The fourth-order valence-electron chi connectivity index (χ4n) is 3.67. The van der Waals surface area contributed by atoms with Crippen molar-refractivity contribution in [2.24, 2.45) is 12.0 Å². The molecule has 0 N–H and O–H groups in total. The molecule has 2 heterocycles. The van der Waals surface area contributed by atoms with Crippen LogP contribution in [0.4, 0.5) is 4.79 Å². The number of piperazine rings is 1. The number of thiazole rings is 1. The number of carbonyl (C=O) groups is 2. The first-order valence-corrected chi connectivity index (χ1v) is 13.7. The zero-order chi connectivity index (χ0) is 25.3. The van der Waals surface area contributed by atoms with Crippen LogP contribution < -0.4 is 4.80 Å². The predicted molar refractivity (Wildman–Crippen MR) is 135 cm³/mol. The van der Waals surface area contributed by atoms with Gasteiger partial charge in [-0.3, -0.25) is 4.79 Å². The molecule has 1 aliphatic heterocycles. The number of fused-ring (bicyclic) bond motifs is 1. The van der Waals surface area contributed by atoms with Gasteiger partial charge in [-0.05, 0) is 43.3 Å². The Morgan fingerprint density at radius 2 is 1.71 bits per heavy atom. The lowest BCUT2D eigenvalue weighted by molar-refractivity contribution is 0.0933. The number of aromatic nitrogens is 1. The van der Waals surface area contributed by atoms with Crippen molar-refractivity contribution in [2.75, 3.05) is 32.8 Å². The zero-order valence-corrected chi connectivity index (χ0v) is 22.0. The first-order chi connectivity index (χ1) is 16.6. The molecule has 1 aliphatic rings. The van der Waals surface area contributed by atoms with E-state index in [1.165, 1.54) is 44.8 Å². The molecule has 2 amide bonds. The van der Waals surface area contributed by atoms with Crippen LogP contribution in [0.2, 0.25) is 10.0 Å². The van der Waals surface area contributed by atoms with Gasteiger partial charge in [0, 0.05) is 38.8 Å². The molecule has 0 spiro atoms. The van der Waals surface area contributed by atoms with Gasteiger partial charge in [-0.25, -0.2) is 13.2 Å². The zero-order valence-electron chi connectivity index (χ0n) is 18.9. The molecule has 0 bridgehead atoms. The summed E-state index contributed by atoms with van der Waals surface area (Å²) in [5.74, 6) is -0.513. The Hall–Kier alpha value is -2.44. The van der Waals surface area contributed by atoms with Gasteiger partial charge in [0.25, 0.3) is 5.91 Å². The highest BCUT2D eigenvalue weighted by atomic mass is 35.5. The topological polar surface area (TPSA) is 101 Å². The van der Waals surface area contributed by atoms with E-state index in [0.29, 0.717) is 20.4 Å². The molecule has 2 aromatic carbocycles. The van der Waals surface area contributed by atoms with Crippen LogP contribution in [0.5, 0.6) is 0 Å². The molecular formula is C22H22Cl2N4O5S2. The quantitative estimate of drug-likeness (QED) is 0.487. The van der Waals surface area contributed by atoms with Gasteiger partial charge in [-0.1, -0.05) is 34.5 Å². The molecule has 186 valence electrons. The van der Waals surface area contributed by atoms with Gasteiger partial charge >= 0.3 is 6.09 Å². The van der Waals surface area contributed by atoms with Crippen molar-refractivity contribution in [3.63, 3.8) is 0 Å². The highest BCUT2D eigenvalue weighted by Crippen LogP contribution is 2.31. The number of nitrogens with zero attached hydrogens (tertiary/aromatic N) is 4. The van der Waals surface area contributed by atoms with E-state index < -0.39 is 22.0 Å². The van der Waals surface area contributed by atoms with Crippen molar-refractivity contribution in [1.29, 1.82) is 0 Å². The second-order valence-corrected chi connectivity index (χ2v) is 11.4. The number of aryl methyl sites for hydroxylation is 1. The van der Waals surface area contributed by atoms with Gasteiger partial charge in [0.2, 0.25) is 10.0 Å². The molecule has 0 unspecified atom stereocenters. The molecule has 0 radical (unpaired) electrons. The van der Waals surface area contributed by atoms with Gasteiger partial charge in [-0.15, -0.1) is 0 Å². The lowest BCUT2D eigenvalue weighted by atomic mass is 10.2. The summed E-state index contributed by atoms with van der Waals surface area (Å²) in [6.45, 7) is 2.79. The van der Waals surface area contributed by atoms with Gasteiger partial charge < -0.3 is 14.2 Å². The third-order valence-electron chi connectivity index (χ3n) is 5.56. The molecule has 0 aliphatic carbocycles. The smallest absolute Gasteiger partial charge is 0.409 e. The summed E-state index contributed by atoms with van der Waals surface area (Å²) < 4.78 is 34.9. The molecule has 0 saturated carbocycles. The van der Waals surface area contributed by atoms with E-state index >= 15 is 0 Å². The van der Waals surface area contributed by atoms with Crippen molar-refractivity contribution in [3.05, 3.63) is 56.8 Å². The van der Waals surface area contributed by atoms with Crippen molar-refractivity contribution < 1.29 is 22.7 Å². The normalized spacial score (nSPS) is 15.5. The minimum Gasteiger partial charge on any atom is -0.450 e. The number of benzene rings is 2. The van der Waals surface area contributed by atoms with Crippen LogP contribution in [0.25, 0.3) is 10.2 Å². The van der Waals surface area contributed by atoms with E-state index in [1.807, 2.05) is 6.07 Å². The number of halogens is 2. The summed E-state index contributed by atoms with van der Waals surface area (Å²) in [6.07, 6.45) is -0.450. The van der Waals surface area contributed by atoms with E-state index in [9.17, 15) is 18.0 Å². The average Bonchev–Trinajstić information content (AvgIpc) is 3.17. The van der Waals surface area contributed by atoms with E-state index in [0.717, 1.165) is 4.70 Å². The molecule has 35 heavy (non-hydrogen) atoms. The summed E-state index contributed by atoms with van der Waals surface area (Å²) in [7, 11) is -2.03. The van der Waals surface area contributed by atoms with Gasteiger partial charge in [0.1, 0.15) is 0 Å². The number of sulfonamides is 1. The summed E-state index contributed by atoms with van der Waals surface area (Å²) in [5.41, 5.74) is 0.929. The summed E-state index contributed by atoms with van der Waals surface area (Å²) in [6, 6.07) is 9.14. The molecule has 4 rings (SSSR count). The highest BCUT2D eigenvalue weighted by Gasteiger charge is 2.30. The fraction of sp³-hybridized carbons (Fsp3) is 0.318. The van der Waals surface area contributed by atoms with Crippen LogP contribution in [0.15, 0.2) is 46.3 Å². The minimum atomic E-state index is -3.77. The van der Waals surface area contributed by atoms with Crippen molar-refractivity contribution in [3.8, 4) is 0 Å². The molecule has 9 nitrogen and oxygen atoms in total. The first kappa shape index (κ1) is 25.6. The van der Waals surface area contributed by atoms with E-state index in [-0.39, 0.29) is 43.2 Å². The van der Waals surface area contributed by atoms with Crippen molar-refractivity contribution in [2.45, 2.75) is 11.8 Å². The molecule has 1 fully saturated rings. The number of rotatable bonds is 4. The summed E-state index contributed by atoms with van der Waals surface area (Å²) in [5, 5.41) is 0.791. The van der Waals surface area contributed by atoms with Crippen LogP contribution in [-0.4, -0.2) is 67.0 Å². The first-order valence-electron chi connectivity index (χ1n) is 10.7. The predicted octanol–water partition coefficient (Wildman–Crippen LogP) is 3.75. The van der Waals surface area contributed by atoms with Crippen LogP contribution in [0, 0.1) is 0 Å². The Kier molecular flexibility index (Phi) is 7.53. The molecule has 1 saturated heterocycles. The number of ether oxygens (including phenoxy) is 1. The summed E-state index contributed by atoms with van der Waals surface area (Å²) in [4.78, 5) is 30.8. The number of amides is 2. The molecule has 1 aromatic heterocycles. The Morgan fingerprint density at radius 3 is 2.34 bits per heavy atom. The fourth-order valence-corrected chi connectivity index (χ4v) is 6.62. The third-order valence-corrected chi connectivity index (χ3v) is 9.36. The van der Waals surface area contributed by atoms with Crippen LogP contribution in [-0.2, 0) is 21.8 Å². The third kappa shape index (κ3) is 5.10. The maximum atomic E-state index is 13.0. The Bertz CT molecular complexity index is 1460. The van der Waals surface area contributed by atoms with Gasteiger partial charge in [-0.2, -0.15) is 9.30 Å². The number of carbonyl (C=O) groups excluding carboxylic acids is 2. The molecule has 0 atom stereocenters. The standard InChI is InChI=1S/C22H22Cl2N4O5S2/c1-3-33-22(30)27-10-12-28(13-11-27)35(31,32)15-6-4-14(5-7-15)20(29)25-21-26(2)19-17(34-21)9-8-16(23)18(19)24/h4-9H,3,10-13H2,1-2H3. The minimum absolute atomic E-state index is 0.0625. The second-order valence-electron chi connectivity index (χ2n) is 7.68. The lowest BCUT2D eigenvalue weighted by Gasteiger charge is -2.33. The highest BCUT2D eigenvalue weighted by molar-refractivity contribution is 7.89. The molecule has 13 heteroatoms. The Balaban J connectivity index is 1.52. The van der Waals surface area contributed by atoms with E-state index in [4.69, 9.17) is 27.9 Å². The van der Waals surface area contributed by atoms with Crippen LogP contribution >= 0.6 is 34.5 Å².